The van der Waals surface area contributed by atoms with Crippen LogP contribution in [0.2, 0.25) is 0 Å². The van der Waals surface area contributed by atoms with Gasteiger partial charge in [0.1, 0.15) is 0 Å². The molecule has 0 saturated heterocycles. The molecule has 0 aromatic rings. The summed E-state index contributed by atoms with van der Waals surface area (Å²) in [4.78, 5) is 24.3. The van der Waals surface area contributed by atoms with Gasteiger partial charge in [-0.1, -0.05) is 0 Å². The van der Waals surface area contributed by atoms with E-state index in [0.717, 1.165) is 0 Å². The number of hydroxylamine groups is 1. The summed E-state index contributed by atoms with van der Waals surface area (Å²) in [7, 11) is -4.74. The minimum atomic E-state index is -4.74. The van der Waals surface area contributed by atoms with Gasteiger partial charge in [-0.25, -0.2) is 4.57 Å². The standard InChI is InChI=1S/CH4NO5P/c3-1-2(4)8(5,6)7/h1,4H,(H2,5,6,7). The Morgan fingerprint density at radius 1 is 1.50 bits per heavy atom. The molecule has 0 bridgehead atoms. The van der Waals surface area contributed by atoms with Crippen LogP contribution in [0.25, 0.3) is 0 Å². The molecule has 7 heteroatoms. The van der Waals surface area contributed by atoms with Crippen LogP contribution in [0.5, 0.6) is 0 Å². The van der Waals surface area contributed by atoms with Crippen molar-refractivity contribution < 1.29 is 24.4 Å². The summed E-state index contributed by atoms with van der Waals surface area (Å²) in [6, 6.07) is 0. The summed E-state index contributed by atoms with van der Waals surface area (Å²) in [5, 5.41) is 7.90. The molecule has 0 aliphatic carbocycles. The van der Waals surface area contributed by atoms with E-state index in [4.69, 9.17) is 15.0 Å². The number of hydrogen-bond acceptors (Lipinski definition) is 3. The highest BCUT2D eigenvalue weighted by Gasteiger charge is 2.20. The molecule has 0 fully saturated rings. The third-order valence-electron chi connectivity index (χ3n) is 0.361. The van der Waals surface area contributed by atoms with Crippen molar-refractivity contribution in [2.45, 2.75) is 0 Å². The Morgan fingerprint density at radius 2 is 1.88 bits per heavy atom. The van der Waals surface area contributed by atoms with Crippen LogP contribution in [0.4, 0.5) is 0 Å². The maximum absolute atomic E-state index is 9.70. The van der Waals surface area contributed by atoms with Gasteiger partial charge in [0.15, 0.2) is 0 Å². The Labute approximate surface area is 44.5 Å². The van der Waals surface area contributed by atoms with Gasteiger partial charge in [0, 0.05) is 0 Å². The molecular weight excluding hydrogens is 137 g/mol. The van der Waals surface area contributed by atoms with E-state index in [-0.39, 0.29) is 6.41 Å². The predicted molar refractivity (Wildman–Crippen MR) is 21.7 cm³/mol. The highest BCUT2D eigenvalue weighted by atomic mass is 31.2. The molecule has 0 rings (SSSR count). The molecule has 48 valence electrons. The van der Waals surface area contributed by atoms with Crippen molar-refractivity contribution >= 4 is 14.2 Å². The normalized spacial score (nSPS) is 10.9. The van der Waals surface area contributed by atoms with Gasteiger partial charge in [-0.3, -0.25) is 10.0 Å². The van der Waals surface area contributed by atoms with Gasteiger partial charge >= 0.3 is 7.75 Å². The molecule has 1 amide bonds. The smallest absolute Gasteiger partial charge is 0.306 e. The van der Waals surface area contributed by atoms with Gasteiger partial charge in [0.25, 0.3) is 0 Å². The van der Waals surface area contributed by atoms with Gasteiger partial charge < -0.3 is 9.79 Å². The lowest BCUT2D eigenvalue weighted by atomic mass is 11.5. The summed E-state index contributed by atoms with van der Waals surface area (Å²) >= 11 is 0. The molecule has 8 heavy (non-hydrogen) atoms. The Morgan fingerprint density at radius 3 is 1.88 bits per heavy atom. The molecule has 3 N–H and O–H groups in total. The number of carbonyl (C=O) groups is 1. The predicted octanol–water partition coefficient (Wildman–Crippen LogP) is -1.07. The second-order valence-corrected chi connectivity index (χ2v) is 2.38. The van der Waals surface area contributed by atoms with Crippen molar-refractivity contribution in [2.75, 3.05) is 0 Å². The largest absolute Gasteiger partial charge is 0.455 e. The summed E-state index contributed by atoms with van der Waals surface area (Å²) in [6.45, 7) is 0. The number of carbonyl (C=O) groups excluding carboxylic acids is 1. The van der Waals surface area contributed by atoms with Gasteiger partial charge in [-0.2, -0.15) is 0 Å². The van der Waals surface area contributed by atoms with E-state index >= 15 is 0 Å². The molecule has 0 heterocycles. The zero-order valence-electron chi connectivity index (χ0n) is 3.63. The quantitative estimate of drug-likeness (QED) is 0.197. The highest BCUT2D eigenvalue weighted by molar-refractivity contribution is 7.49. The van der Waals surface area contributed by atoms with E-state index in [0.29, 0.717) is 0 Å². The van der Waals surface area contributed by atoms with Crippen molar-refractivity contribution in [2.24, 2.45) is 0 Å². The van der Waals surface area contributed by atoms with Gasteiger partial charge in [-0.15, -0.1) is 4.83 Å². The van der Waals surface area contributed by atoms with Crippen molar-refractivity contribution in [3.63, 3.8) is 0 Å². The van der Waals surface area contributed by atoms with E-state index in [2.05, 4.69) is 0 Å². The van der Waals surface area contributed by atoms with Crippen molar-refractivity contribution in [1.82, 2.24) is 4.83 Å². The number of amides is 1. The van der Waals surface area contributed by atoms with E-state index in [9.17, 15) is 9.36 Å². The van der Waals surface area contributed by atoms with Crippen LogP contribution in [0, 0.1) is 0 Å². The lowest BCUT2D eigenvalue weighted by Gasteiger charge is -2.07. The van der Waals surface area contributed by atoms with Gasteiger partial charge in [0.05, 0.1) is 0 Å². The minimum Gasteiger partial charge on any atom is -0.306 e. The fourth-order valence-electron chi connectivity index (χ4n) is 0.0614. The molecular formula is CH4NO5P. The highest BCUT2D eigenvalue weighted by Crippen LogP contribution is 2.35. The molecule has 0 aliphatic rings. The lowest BCUT2D eigenvalue weighted by Crippen LogP contribution is -2.11. The Kier molecular flexibility index (Phi) is 2.12. The third kappa shape index (κ3) is 2.04. The SMILES string of the molecule is O=CN(O)P(=O)(O)O. The van der Waals surface area contributed by atoms with E-state index < -0.39 is 12.6 Å². The molecule has 0 spiro atoms. The monoisotopic (exact) mass is 141 g/mol. The summed E-state index contributed by atoms with van der Waals surface area (Å²) in [6.07, 6.45) is -0.374. The molecule has 0 aliphatic heterocycles. The fourth-order valence-corrected chi connectivity index (χ4v) is 0.184. The second kappa shape index (κ2) is 2.23. The maximum atomic E-state index is 9.70. The molecule has 0 aromatic heterocycles. The van der Waals surface area contributed by atoms with E-state index in [1.807, 2.05) is 0 Å². The third-order valence-corrected chi connectivity index (χ3v) is 0.989. The van der Waals surface area contributed by atoms with Crippen molar-refractivity contribution in [3.8, 4) is 0 Å². The Hall–Kier alpha value is -0.420. The minimum absolute atomic E-state index is 0.374. The molecule has 0 radical (unpaired) electrons. The average Bonchev–Trinajstić information content (AvgIpc) is 1.62. The average molecular weight is 141 g/mol. The summed E-state index contributed by atoms with van der Waals surface area (Å²) in [5.74, 6) is 0. The molecule has 0 saturated carbocycles. The first-order valence-electron chi connectivity index (χ1n) is 1.48. The zero-order valence-corrected chi connectivity index (χ0v) is 4.52. The van der Waals surface area contributed by atoms with E-state index in [1.54, 1.807) is 0 Å². The van der Waals surface area contributed by atoms with Crippen LogP contribution >= 0.6 is 7.75 Å². The second-order valence-electron chi connectivity index (χ2n) is 0.939. The van der Waals surface area contributed by atoms with Crippen molar-refractivity contribution in [1.29, 1.82) is 0 Å². The van der Waals surface area contributed by atoms with Gasteiger partial charge in [0.2, 0.25) is 6.41 Å². The van der Waals surface area contributed by atoms with Gasteiger partial charge in [-0.05, 0) is 0 Å². The topological polar surface area (TPSA) is 98.1 Å². The fraction of sp³-hybridized carbons (Fsp3) is 0. The van der Waals surface area contributed by atoms with Crippen LogP contribution < -0.4 is 0 Å². The number of hydrogen-bond donors (Lipinski definition) is 3. The van der Waals surface area contributed by atoms with Crippen LogP contribution in [0.1, 0.15) is 0 Å². The molecule has 0 aromatic carbocycles. The van der Waals surface area contributed by atoms with Crippen molar-refractivity contribution in [3.05, 3.63) is 0 Å². The zero-order chi connectivity index (χ0) is 6.78. The number of nitrogens with zero attached hydrogens (tertiary/aromatic N) is 1. The molecule has 0 atom stereocenters. The first-order chi connectivity index (χ1) is 3.48. The van der Waals surface area contributed by atoms with Crippen LogP contribution in [0.3, 0.4) is 0 Å². The maximum Gasteiger partial charge on any atom is 0.455 e. The Bertz CT molecular complexity index is 126. The van der Waals surface area contributed by atoms with Crippen LogP contribution in [-0.2, 0) is 9.36 Å². The van der Waals surface area contributed by atoms with Crippen LogP contribution in [-0.4, -0.2) is 26.2 Å². The first kappa shape index (κ1) is 7.58. The summed E-state index contributed by atoms with van der Waals surface area (Å²) < 4.78 is 9.70. The molecule has 0 unspecified atom stereocenters. The Balaban J connectivity index is 4.02. The van der Waals surface area contributed by atoms with Crippen LogP contribution in [0.15, 0.2) is 0 Å². The number of rotatable bonds is 2. The molecule has 6 nitrogen and oxygen atoms in total. The summed E-state index contributed by atoms with van der Waals surface area (Å²) in [5.41, 5.74) is 0. The first-order valence-corrected chi connectivity index (χ1v) is 3.04. The lowest BCUT2D eigenvalue weighted by molar-refractivity contribution is -0.134. The van der Waals surface area contributed by atoms with E-state index in [1.165, 1.54) is 0 Å².